The first-order chi connectivity index (χ1) is 2.81. The molecule has 1 radical (unpaired) electrons. The van der Waals surface area contributed by atoms with Crippen LogP contribution in [0.25, 0.3) is 0 Å². The molecule has 0 saturated heterocycles. The summed E-state index contributed by atoms with van der Waals surface area (Å²) in [6, 6.07) is 0. The van der Waals surface area contributed by atoms with Crippen molar-refractivity contribution in [1.29, 1.82) is 0 Å². The van der Waals surface area contributed by atoms with E-state index in [-0.39, 0.29) is 0 Å². The minimum atomic E-state index is 0.892. The minimum Gasteiger partial charge on any atom is -0.367 e. The Labute approximate surface area is 44.0 Å². The van der Waals surface area contributed by atoms with Crippen LogP contribution in [0.1, 0.15) is 6.92 Å². The first-order valence-corrected chi connectivity index (χ1v) is 2.30. The molecule has 0 amide bonds. The van der Waals surface area contributed by atoms with E-state index >= 15 is 0 Å². The Bertz CT molecular complexity index is 44.8. The molecule has 0 aromatic carbocycles. The Morgan fingerprint density at radius 1 is 2.00 bits per heavy atom. The second-order valence-electron chi connectivity index (χ2n) is 1.01. The molecule has 0 spiro atoms. The van der Waals surface area contributed by atoms with E-state index in [4.69, 9.17) is 0 Å². The molecule has 0 fully saturated rings. The van der Waals surface area contributed by atoms with Crippen LogP contribution in [0.15, 0.2) is 0 Å². The molecular formula is C4H8NS. The molecule has 0 N–H and O–H groups in total. The molecule has 0 aliphatic carbocycles. The molecule has 0 aliphatic rings. The molecule has 0 aromatic rings. The zero-order valence-electron chi connectivity index (χ0n) is 3.85. The Kier molecular flexibility index (Phi) is 3.04. The van der Waals surface area contributed by atoms with E-state index in [2.05, 4.69) is 19.3 Å². The normalized spacial score (nSPS) is 7.67. The Morgan fingerprint density at radius 2 is 2.50 bits per heavy atom. The summed E-state index contributed by atoms with van der Waals surface area (Å²) in [5.41, 5.74) is 1.53. The van der Waals surface area contributed by atoms with E-state index in [9.17, 15) is 0 Å². The summed E-state index contributed by atoms with van der Waals surface area (Å²) in [6.45, 7) is 2.89. The predicted molar refractivity (Wildman–Crippen MR) is 31.4 cm³/mol. The highest BCUT2D eigenvalue weighted by atomic mass is 32.1. The summed E-state index contributed by atoms with van der Waals surface area (Å²) < 4.78 is 0. The fourth-order valence-electron chi connectivity index (χ4n) is 0.0745. The molecule has 2 heteroatoms. The van der Waals surface area contributed by atoms with Crippen LogP contribution in [0.2, 0.25) is 0 Å². The van der Waals surface area contributed by atoms with Gasteiger partial charge < -0.3 is 4.90 Å². The molecule has 0 unspecified atom stereocenters. The highest BCUT2D eigenvalue weighted by molar-refractivity contribution is 7.78. The van der Waals surface area contributed by atoms with Gasteiger partial charge in [0.1, 0.15) is 0 Å². The van der Waals surface area contributed by atoms with Crippen molar-refractivity contribution in [1.82, 2.24) is 4.90 Å². The Hall–Kier alpha value is -0.110. The van der Waals surface area contributed by atoms with Gasteiger partial charge in [-0.3, -0.25) is 0 Å². The van der Waals surface area contributed by atoms with Gasteiger partial charge in [-0.05, 0) is 6.92 Å². The van der Waals surface area contributed by atoms with Gasteiger partial charge in [0.2, 0.25) is 0 Å². The molecule has 0 heterocycles. The lowest BCUT2D eigenvalue weighted by atomic mass is 10.7. The fraction of sp³-hybridized carbons (Fsp3) is 0.500. The average Bonchev–Trinajstić information content (AvgIpc) is 1.65. The van der Waals surface area contributed by atoms with Crippen molar-refractivity contribution >= 4 is 17.7 Å². The number of nitrogens with zero attached hydrogens (tertiary/aromatic N) is 1. The number of rotatable bonds is 2. The van der Waals surface area contributed by atoms with E-state index in [1.807, 2.05) is 6.92 Å². The predicted octanol–water partition coefficient (Wildman–Crippen LogP) is 1.06. The van der Waals surface area contributed by atoms with Crippen molar-refractivity contribution < 1.29 is 0 Å². The van der Waals surface area contributed by atoms with Crippen LogP contribution < -0.4 is 0 Å². The maximum Gasteiger partial charge on any atom is 0.0641 e. The topological polar surface area (TPSA) is 3.24 Å². The van der Waals surface area contributed by atoms with Gasteiger partial charge in [0, 0.05) is 13.6 Å². The molecule has 6 heavy (non-hydrogen) atoms. The smallest absolute Gasteiger partial charge is 0.0641 e. The Balaban J connectivity index is 2.96. The zero-order valence-corrected chi connectivity index (χ0v) is 4.66. The largest absolute Gasteiger partial charge is 0.367 e. The molecule has 0 aliphatic heterocycles. The lowest BCUT2D eigenvalue weighted by molar-refractivity contribution is 0.610. The third-order valence-electron chi connectivity index (χ3n) is 0.555. The van der Waals surface area contributed by atoms with Crippen LogP contribution in [-0.2, 0) is 0 Å². The average molecular weight is 102 g/mol. The standard InChI is InChI=1S/C4H8NS/c1-3-5(2)4-6/h4H,2-3H2,1H3. The minimum absolute atomic E-state index is 0.892. The molecule has 0 rings (SSSR count). The van der Waals surface area contributed by atoms with Crippen molar-refractivity contribution in [2.24, 2.45) is 0 Å². The molecule has 0 bridgehead atoms. The fourth-order valence-corrected chi connectivity index (χ4v) is 0.224. The quantitative estimate of drug-likeness (QED) is 0.479. The SMILES string of the molecule is [CH2]N(C=S)CC. The summed E-state index contributed by atoms with van der Waals surface area (Å²) >= 11 is 4.51. The monoisotopic (exact) mass is 102 g/mol. The van der Waals surface area contributed by atoms with Gasteiger partial charge in [-0.2, -0.15) is 0 Å². The van der Waals surface area contributed by atoms with Gasteiger partial charge >= 0.3 is 0 Å². The summed E-state index contributed by atoms with van der Waals surface area (Å²) in [7, 11) is 3.55. The van der Waals surface area contributed by atoms with Crippen molar-refractivity contribution in [2.45, 2.75) is 6.92 Å². The van der Waals surface area contributed by atoms with Gasteiger partial charge in [0.25, 0.3) is 0 Å². The molecule has 0 saturated carbocycles. The molecule has 0 aromatic heterocycles. The number of thiocarbonyl (C=S) groups is 1. The highest BCUT2D eigenvalue weighted by Crippen LogP contribution is 1.72. The van der Waals surface area contributed by atoms with Gasteiger partial charge in [0.05, 0.1) is 5.49 Å². The molecule has 35 valence electrons. The second kappa shape index (κ2) is 3.09. The first-order valence-electron chi connectivity index (χ1n) is 1.83. The van der Waals surface area contributed by atoms with Crippen LogP contribution in [-0.4, -0.2) is 16.9 Å². The van der Waals surface area contributed by atoms with Crippen LogP contribution >= 0.6 is 12.2 Å². The van der Waals surface area contributed by atoms with Crippen molar-refractivity contribution in [3.8, 4) is 0 Å². The second-order valence-corrected chi connectivity index (χ2v) is 1.22. The lowest BCUT2D eigenvalue weighted by Gasteiger charge is -2.04. The van der Waals surface area contributed by atoms with Crippen LogP contribution in [0.3, 0.4) is 0 Å². The third kappa shape index (κ3) is 2.15. The Morgan fingerprint density at radius 3 is 2.50 bits per heavy atom. The molecular weight excluding hydrogens is 94.1 g/mol. The van der Waals surface area contributed by atoms with Gasteiger partial charge in [0.15, 0.2) is 0 Å². The zero-order chi connectivity index (χ0) is 4.99. The molecule has 1 nitrogen and oxygen atoms in total. The third-order valence-corrected chi connectivity index (χ3v) is 0.853. The number of hydrogen-bond acceptors (Lipinski definition) is 1. The van der Waals surface area contributed by atoms with Gasteiger partial charge in [-0.25, -0.2) is 0 Å². The highest BCUT2D eigenvalue weighted by Gasteiger charge is 1.76. The summed E-state index contributed by atoms with van der Waals surface area (Å²) in [4.78, 5) is 1.69. The summed E-state index contributed by atoms with van der Waals surface area (Å²) in [5.74, 6) is 0. The number of hydrogen-bond donors (Lipinski definition) is 0. The van der Waals surface area contributed by atoms with E-state index in [0.29, 0.717) is 0 Å². The first kappa shape index (κ1) is 5.89. The van der Waals surface area contributed by atoms with Gasteiger partial charge in [-0.15, -0.1) is 0 Å². The van der Waals surface area contributed by atoms with Crippen molar-refractivity contribution in [2.75, 3.05) is 6.54 Å². The molecule has 0 atom stereocenters. The van der Waals surface area contributed by atoms with E-state index < -0.39 is 0 Å². The summed E-state index contributed by atoms with van der Waals surface area (Å²) in [5, 5.41) is 0. The maximum absolute atomic E-state index is 4.51. The van der Waals surface area contributed by atoms with Crippen LogP contribution in [0.5, 0.6) is 0 Å². The van der Waals surface area contributed by atoms with E-state index in [0.717, 1.165) is 6.54 Å². The van der Waals surface area contributed by atoms with Crippen LogP contribution in [0, 0.1) is 7.05 Å². The van der Waals surface area contributed by atoms with E-state index in [1.165, 1.54) is 5.49 Å². The summed E-state index contributed by atoms with van der Waals surface area (Å²) in [6.07, 6.45) is 0. The van der Waals surface area contributed by atoms with Crippen molar-refractivity contribution in [3.05, 3.63) is 7.05 Å². The van der Waals surface area contributed by atoms with Crippen LogP contribution in [0.4, 0.5) is 0 Å². The lowest BCUT2D eigenvalue weighted by Crippen LogP contribution is -2.09. The van der Waals surface area contributed by atoms with Gasteiger partial charge in [-0.1, -0.05) is 12.2 Å². The maximum atomic E-state index is 4.51. The van der Waals surface area contributed by atoms with E-state index in [1.54, 1.807) is 4.90 Å². The van der Waals surface area contributed by atoms with Crippen molar-refractivity contribution in [3.63, 3.8) is 0 Å².